The fourth-order valence-electron chi connectivity index (χ4n) is 3.73. The number of aryl methyl sites for hydroxylation is 1. The van der Waals surface area contributed by atoms with Crippen LogP contribution >= 0.6 is 0 Å². The van der Waals surface area contributed by atoms with Gasteiger partial charge in [0.25, 0.3) is 5.56 Å². The maximum absolute atomic E-state index is 12.9. The molecule has 2 aliphatic rings. The lowest BCUT2D eigenvalue weighted by Crippen LogP contribution is -2.39. The van der Waals surface area contributed by atoms with Crippen LogP contribution in [0.4, 0.5) is 5.95 Å². The van der Waals surface area contributed by atoms with Crippen LogP contribution in [-0.4, -0.2) is 88.8 Å². The minimum absolute atomic E-state index is 0.327. The van der Waals surface area contributed by atoms with Crippen LogP contribution in [0.25, 0.3) is 11.2 Å². The highest BCUT2D eigenvalue weighted by Crippen LogP contribution is 2.20. The van der Waals surface area contributed by atoms with Crippen molar-refractivity contribution in [1.82, 2.24) is 24.0 Å². The van der Waals surface area contributed by atoms with Gasteiger partial charge in [-0.3, -0.25) is 23.8 Å². The summed E-state index contributed by atoms with van der Waals surface area (Å²) in [5, 5.41) is 3.32. The SMILES string of the molecule is Cn1c(=O)c2c(nc(N3CCOCC3)n2CCNC=[N+]2CCOCC2)n(C)c1=O. The van der Waals surface area contributed by atoms with Gasteiger partial charge >= 0.3 is 5.69 Å². The summed E-state index contributed by atoms with van der Waals surface area (Å²) < 4.78 is 17.5. The Morgan fingerprint density at radius 1 is 1.07 bits per heavy atom. The van der Waals surface area contributed by atoms with Crippen LogP contribution in [0.1, 0.15) is 0 Å². The van der Waals surface area contributed by atoms with E-state index < -0.39 is 0 Å². The summed E-state index contributed by atoms with van der Waals surface area (Å²) in [5.74, 6) is 0.703. The Kier molecular flexibility index (Phi) is 5.67. The first-order valence-electron chi connectivity index (χ1n) is 9.95. The van der Waals surface area contributed by atoms with Crippen molar-refractivity contribution in [3.05, 3.63) is 20.8 Å². The van der Waals surface area contributed by atoms with Gasteiger partial charge in [-0.05, 0) is 0 Å². The summed E-state index contributed by atoms with van der Waals surface area (Å²) in [7, 11) is 3.15. The second kappa shape index (κ2) is 8.37. The monoisotopic (exact) mass is 406 g/mol. The molecule has 2 fully saturated rings. The number of hydrogen-bond acceptors (Lipinski definition) is 6. The molecule has 0 bridgehead atoms. The Balaban J connectivity index is 1.67. The van der Waals surface area contributed by atoms with E-state index in [0.29, 0.717) is 56.5 Å². The van der Waals surface area contributed by atoms with Crippen molar-refractivity contribution in [3.8, 4) is 0 Å². The zero-order valence-corrected chi connectivity index (χ0v) is 17.0. The van der Waals surface area contributed by atoms with Crippen LogP contribution in [0.3, 0.4) is 0 Å². The fourth-order valence-corrected chi connectivity index (χ4v) is 3.73. The van der Waals surface area contributed by atoms with E-state index in [1.54, 1.807) is 7.05 Å². The molecule has 2 saturated heterocycles. The zero-order valence-electron chi connectivity index (χ0n) is 17.0. The number of aromatic nitrogens is 4. The molecule has 1 N–H and O–H groups in total. The molecular weight excluding hydrogens is 378 g/mol. The normalized spacial score (nSPS) is 17.7. The fraction of sp³-hybridized carbons (Fsp3) is 0.667. The zero-order chi connectivity index (χ0) is 20.4. The summed E-state index contributed by atoms with van der Waals surface area (Å²) in [4.78, 5) is 32.0. The predicted octanol–water partition coefficient (Wildman–Crippen LogP) is -2.07. The molecule has 0 aliphatic carbocycles. The number of hydrogen-bond donors (Lipinski definition) is 1. The van der Waals surface area contributed by atoms with Gasteiger partial charge in [0.15, 0.2) is 11.2 Å². The van der Waals surface area contributed by atoms with Crippen molar-refractivity contribution in [1.29, 1.82) is 0 Å². The number of nitrogens with one attached hydrogen (secondary N) is 1. The van der Waals surface area contributed by atoms with Gasteiger partial charge < -0.3 is 18.9 Å². The van der Waals surface area contributed by atoms with Crippen molar-refractivity contribution in [2.24, 2.45) is 14.1 Å². The number of rotatable bonds is 5. The van der Waals surface area contributed by atoms with Gasteiger partial charge in [-0.15, -0.1) is 0 Å². The Labute approximate surface area is 167 Å². The number of nitrogens with zero attached hydrogens (tertiary/aromatic N) is 6. The quantitative estimate of drug-likeness (QED) is 0.346. The van der Waals surface area contributed by atoms with Crippen molar-refractivity contribution >= 4 is 23.5 Å². The Hall–Kier alpha value is -2.66. The Morgan fingerprint density at radius 2 is 1.76 bits per heavy atom. The van der Waals surface area contributed by atoms with E-state index in [4.69, 9.17) is 9.47 Å². The van der Waals surface area contributed by atoms with Gasteiger partial charge in [-0.2, -0.15) is 4.98 Å². The van der Waals surface area contributed by atoms with E-state index >= 15 is 0 Å². The molecule has 0 radical (unpaired) electrons. The van der Waals surface area contributed by atoms with E-state index in [1.807, 2.05) is 10.9 Å². The highest BCUT2D eigenvalue weighted by Gasteiger charge is 2.24. The Morgan fingerprint density at radius 3 is 2.48 bits per heavy atom. The lowest BCUT2D eigenvalue weighted by molar-refractivity contribution is -0.546. The lowest BCUT2D eigenvalue weighted by Gasteiger charge is -2.28. The topological polar surface area (TPSA) is 98.6 Å². The average Bonchev–Trinajstić information content (AvgIpc) is 3.15. The summed E-state index contributed by atoms with van der Waals surface area (Å²) in [5.41, 5.74) is 0.160. The minimum atomic E-state index is -0.376. The highest BCUT2D eigenvalue weighted by molar-refractivity contribution is 5.74. The lowest BCUT2D eigenvalue weighted by atomic mass is 10.4. The number of ether oxygens (including phenoxy) is 2. The maximum atomic E-state index is 12.9. The number of fused-ring (bicyclic) bond motifs is 1. The molecular formula is C18H28N7O4+. The maximum Gasteiger partial charge on any atom is 0.332 e. The van der Waals surface area contributed by atoms with Gasteiger partial charge in [0, 0.05) is 27.2 Å². The summed E-state index contributed by atoms with van der Waals surface area (Å²) in [6.45, 7) is 7.00. The van der Waals surface area contributed by atoms with Gasteiger partial charge in [-0.25, -0.2) is 4.79 Å². The molecule has 158 valence electrons. The first kappa shape index (κ1) is 19.6. The number of morpholine rings is 2. The van der Waals surface area contributed by atoms with E-state index in [-0.39, 0.29) is 11.2 Å². The Bertz CT molecular complexity index is 1020. The van der Waals surface area contributed by atoms with E-state index in [1.165, 1.54) is 11.6 Å². The van der Waals surface area contributed by atoms with Crippen molar-refractivity contribution in [3.63, 3.8) is 0 Å². The van der Waals surface area contributed by atoms with Gasteiger partial charge in [0.2, 0.25) is 12.3 Å². The molecule has 0 spiro atoms. The summed E-state index contributed by atoms with van der Waals surface area (Å²) in [6.07, 6.45) is 1.98. The molecule has 0 saturated carbocycles. The van der Waals surface area contributed by atoms with Gasteiger partial charge in [0.1, 0.15) is 19.6 Å². The third-order valence-electron chi connectivity index (χ3n) is 5.42. The smallest absolute Gasteiger partial charge is 0.332 e. The molecule has 2 aliphatic heterocycles. The third kappa shape index (κ3) is 3.79. The predicted molar refractivity (Wildman–Crippen MR) is 108 cm³/mol. The molecule has 0 aromatic carbocycles. The van der Waals surface area contributed by atoms with Gasteiger partial charge in [-0.1, -0.05) is 0 Å². The molecule has 29 heavy (non-hydrogen) atoms. The highest BCUT2D eigenvalue weighted by atomic mass is 16.5. The summed E-state index contributed by atoms with van der Waals surface area (Å²) in [6, 6.07) is 0. The van der Waals surface area contributed by atoms with Crippen molar-refractivity contribution in [2.45, 2.75) is 6.54 Å². The van der Waals surface area contributed by atoms with E-state index in [0.717, 1.165) is 30.9 Å². The molecule has 2 aromatic rings. The third-order valence-corrected chi connectivity index (χ3v) is 5.42. The molecule has 4 heterocycles. The molecule has 2 aromatic heterocycles. The van der Waals surface area contributed by atoms with Crippen LogP contribution in [0, 0.1) is 0 Å². The van der Waals surface area contributed by atoms with Crippen molar-refractivity contribution < 1.29 is 14.0 Å². The molecule has 0 amide bonds. The van der Waals surface area contributed by atoms with Crippen LogP contribution in [0.5, 0.6) is 0 Å². The molecule has 4 rings (SSSR count). The van der Waals surface area contributed by atoms with E-state index in [2.05, 4.69) is 19.8 Å². The van der Waals surface area contributed by atoms with Crippen LogP contribution in [0.2, 0.25) is 0 Å². The molecule has 0 atom stereocenters. The number of imidazole rings is 1. The van der Waals surface area contributed by atoms with Crippen LogP contribution < -0.4 is 21.5 Å². The number of anilines is 1. The van der Waals surface area contributed by atoms with Gasteiger partial charge in [0.05, 0.1) is 33.0 Å². The minimum Gasteiger partial charge on any atom is -0.378 e. The first-order chi connectivity index (χ1) is 14.1. The first-order valence-corrected chi connectivity index (χ1v) is 9.95. The molecule has 0 unspecified atom stereocenters. The second-order valence-corrected chi connectivity index (χ2v) is 7.27. The van der Waals surface area contributed by atoms with Crippen LogP contribution in [-0.2, 0) is 30.1 Å². The summed E-state index contributed by atoms with van der Waals surface area (Å²) >= 11 is 0. The standard InChI is InChI=1S/C18H27N7O4/c1-21-15-14(16(26)22(2)18(21)27)25(17(20-15)24-7-11-29-12-8-24)4-3-19-13-23-5-9-28-10-6-23/h13H,3-12H2,1-2H3/p+1. The largest absolute Gasteiger partial charge is 0.378 e. The van der Waals surface area contributed by atoms with E-state index in [9.17, 15) is 9.59 Å². The molecule has 11 nitrogen and oxygen atoms in total. The van der Waals surface area contributed by atoms with Crippen LogP contribution in [0.15, 0.2) is 9.59 Å². The van der Waals surface area contributed by atoms with Crippen molar-refractivity contribution in [2.75, 3.05) is 64.1 Å². The second-order valence-electron chi connectivity index (χ2n) is 7.27. The molecule has 11 heteroatoms. The average molecular weight is 406 g/mol.